The molecule has 0 bridgehead atoms. The number of nitrogens with zero attached hydrogens (tertiary/aromatic N) is 2. The van der Waals surface area contributed by atoms with E-state index in [1.165, 1.54) is 18.2 Å². The average molecular weight is 367 g/mol. The van der Waals surface area contributed by atoms with Gasteiger partial charge in [0.05, 0.1) is 40.7 Å². The molecule has 1 aromatic carbocycles. The maximum atomic E-state index is 12.7. The first-order chi connectivity index (χ1) is 11.7. The summed E-state index contributed by atoms with van der Waals surface area (Å²) in [5.74, 6) is -1.11. The molecule has 0 aliphatic carbocycles. The number of aromatic nitrogens is 2. The fourth-order valence-electron chi connectivity index (χ4n) is 2.51. The van der Waals surface area contributed by atoms with Crippen LogP contribution in [0.5, 0.6) is 0 Å². The van der Waals surface area contributed by atoms with Gasteiger partial charge < -0.3 is 9.84 Å². The topological polar surface area (TPSA) is 111 Å². The predicted molar refractivity (Wildman–Crippen MR) is 92.5 cm³/mol. The largest absolute Gasteiger partial charge is 0.478 e. The van der Waals surface area contributed by atoms with E-state index < -0.39 is 16.0 Å². The van der Waals surface area contributed by atoms with Crippen molar-refractivity contribution in [2.75, 3.05) is 18.4 Å². The molecule has 0 aliphatic heterocycles. The Balaban J connectivity index is 2.36. The molecule has 2 N–H and O–H groups in total. The first-order valence-electron chi connectivity index (χ1n) is 7.57. The number of aryl methyl sites for hydroxylation is 2. The third kappa shape index (κ3) is 3.99. The smallest absolute Gasteiger partial charge is 0.335 e. The van der Waals surface area contributed by atoms with Crippen molar-refractivity contribution in [3.8, 4) is 0 Å². The standard InChI is InChI=1S/C16H21N3O5S/c1-10-9-13(16(20)21)5-6-14(10)25(22,23)18-15-11(2)17-19(12(15)3)7-8-24-4/h5-6,9,18H,7-8H2,1-4H3,(H,20,21). The number of carboxylic acid groups (broad SMARTS) is 1. The molecule has 0 saturated carbocycles. The number of rotatable bonds is 7. The number of carbonyl (C=O) groups is 1. The Hall–Kier alpha value is -2.39. The molecule has 2 rings (SSSR count). The van der Waals surface area contributed by atoms with Gasteiger partial charge in [0.2, 0.25) is 0 Å². The molecule has 0 fully saturated rings. The highest BCUT2D eigenvalue weighted by Crippen LogP contribution is 2.25. The monoisotopic (exact) mass is 367 g/mol. The molecule has 0 aliphatic rings. The third-order valence-electron chi connectivity index (χ3n) is 3.84. The second kappa shape index (κ2) is 7.24. The fourth-order valence-corrected chi connectivity index (χ4v) is 3.92. The van der Waals surface area contributed by atoms with Gasteiger partial charge in [0.1, 0.15) is 0 Å². The summed E-state index contributed by atoms with van der Waals surface area (Å²) in [5, 5.41) is 13.3. The Morgan fingerprint density at radius 1 is 1.32 bits per heavy atom. The predicted octanol–water partition coefficient (Wildman–Crippen LogP) is 1.95. The van der Waals surface area contributed by atoms with Crippen molar-refractivity contribution >= 4 is 21.7 Å². The fraction of sp³-hybridized carbons (Fsp3) is 0.375. The number of aromatic carboxylic acids is 1. The van der Waals surface area contributed by atoms with E-state index in [4.69, 9.17) is 9.84 Å². The summed E-state index contributed by atoms with van der Waals surface area (Å²) in [7, 11) is -2.28. The van der Waals surface area contributed by atoms with Gasteiger partial charge in [-0.25, -0.2) is 13.2 Å². The van der Waals surface area contributed by atoms with Gasteiger partial charge in [0.25, 0.3) is 10.0 Å². The lowest BCUT2D eigenvalue weighted by molar-refractivity contribution is 0.0696. The Morgan fingerprint density at radius 2 is 2.00 bits per heavy atom. The number of nitrogens with one attached hydrogen (secondary N) is 1. The van der Waals surface area contributed by atoms with Crippen LogP contribution in [0.1, 0.15) is 27.3 Å². The van der Waals surface area contributed by atoms with Gasteiger partial charge in [-0.05, 0) is 44.5 Å². The molecular formula is C16H21N3O5S. The van der Waals surface area contributed by atoms with E-state index in [0.717, 1.165) is 0 Å². The molecule has 2 aromatic rings. The number of ether oxygens (including phenoxy) is 1. The quantitative estimate of drug-likeness (QED) is 0.774. The van der Waals surface area contributed by atoms with Crippen molar-refractivity contribution < 1.29 is 23.1 Å². The molecule has 9 heteroatoms. The zero-order valence-corrected chi connectivity index (χ0v) is 15.3. The van der Waals surface area contributed by atoms with E-state index in [2.05, 4.69) is 9.82 Å². The molecule has 0 amide bonds. The number of hydrogen-bond donors (Lipinski definition) is 2. The normalized spacial score (nSPS) is 11.5. The number of benzene rings is 1. The molecule has 0 radical (unpaired) electrons. The highest BCUT2D eigenvalue weighted by atomic mass is 32.2. The zero-order chi connectivity index (χ0) is 18.8. The van der Waals surface area contributed by atoms with Crippen LogP contribution in [0.4, 0.5) is 5.69 Å². The van der Waals surface area contributed by atoms with Gasteiger partial charge in [0.15, 0.2) is 0 Å². The number of methoxy groups -OCH3 is 1. The van der Waals surface area contributed by atoms with Crippen LogP contribution in [0, 0.1) is 20.8 Å². The molecule has 136 valence electrons. The first-order valence-corrected chi connectivity index (χ1v) is 9.05. The van der Waals surface area contributed by atoms with E-state index in [9.17, 15) is 13.2 Å². The van der Waals surface area contributed by atoms with Crippen LogP contribution in [0.15, 0.2) is 23.1 Å². The van der Waals surface area contributed by atoms with Crippen LogP contribution in [-0.2, 0) is 21.3 Å². The van der Waals surface area contributed by atoms with Gasteiger partial charge >= 0.3 is 5.97 Å². The Kier molecular flexibility index (Phi) is 5.48. The minimum absolute atomic E-state index is 0.0286. The molecule has 25 heavy (non-hydrogen) atoms. The summed E-state index contributed by atoms with van der Waals surface area (Å²) in [4.78, 5) is 11.0. The van der Waals surface area contributed by atoms with E-state index in [0.29, 0.717) is 35.8 Å². The summed E-state index contributed by atoms with van der Waals surface area (Å²) < 4.78 is 34.7. The molecule has 8 nitrogen and oxygen atoms in total. The van der Waals surface area contributed by atoms with Crippen LogP contribution in [0.3, 0.4) is 0 Å². The van der Waals surface area contributed by atoms with Gasteiger partial charge in [0, 0.05) is 7.11 Å². The summed E-state index contributed by atoms with van der Waals surface area (Å²) >= 11 is 0. The SMILES string of the molecule is COCCn1nc(C)c(NS(=O)(=O)c2ccc(C(=O)O)cc2C)c1C. The van der Waals surface area contributed by atoms with Crippen molar-refractivity contribution in [1.82, 2.24) is 9.78 Å². The maximum Gasteiger partial charge on any atom is 0.335 e. The highest BCUT2D eigenvalue weighted by Gasteiger charge is 2.22. The molecule has 1 aromatic heterocycles. The zero-order valence-electron chi connectivity index (χ0n) is 14.5. The Morgan fingerprint density at radius 3 is 2.56 bits per heavy atom. The van der Waals surface area contributed by atoms with Gasteiger partial charge in [-0.3, -0.25) is 9.40 Å². The van der Waals surface area contributed by atoms with Crippen molar-refractivity contribution in [3.05, 3.63) is 40.7 Å². The Bertz CT molecular complexity index is 903. The molecule has 0 unspecified atom stereocenters. The molecule has 0 saturated heterocycles. The number of anilines is 1. The van der Waals surface area contributed by atoms with Crippen molar-refractivity contribution in [2.45, 2.75) is 32.2 Å². The van der Waals surface area contributed by atoms with E-state index in [1.54, 1.807) is 32.6 Å². The molecule has 1 heterocycles. The van der Waals surface area contributed by atoms with E-state index >= 15 is 0 Å². The average Bonchev–Trinajstić information content (AvgIpc) is 2.79. The summed E-state index contributed by atoms with van der Waals surface area (Å²) in [5.41, 5.74) is 2.04. The third-order valence-corrected chi connectivity index (χ3v) is 5.35. The second-order valence-corrected chi connectivity index (χ2v) is 7.30. The number of hydrogen-bond acceptors (Lipinski definition) is 5. The highest BCUT2D eigenvalue weighted by molar-refractivity contribution is 7.92. The lowest BCUT2D eigenvalue weighted by Crippen LogP contribution is -2.16. The van der Waals surface area contributed by atoms with Gasteiger partial charge in [-0.15, -0.1) is 0 Å². The minimum atomic E-state index is -3.87. The summed E-state index contributed by atoms with van der Waals surface area (Å²) in [6, 6.07) is 3.89. The Labute approximate surface area is 146 Å². The van der Waals surface area contributed by atoms with E-state index in [1.807, 2.05) is 0 Å². The summed E-state index contributed by atoms with van der Waals surface area (Å²) in [6.45, 7) is 6.02. The van der Waals surface area contributed by atoms with Crippen LogP contribution in [0.25, 0.3) is 0 Å². The van der Waals surface area contributed by atoms with Crippen LogP contribution in [-0.4, -0.2) is 43.0 Å². The number of sulfonamides is 1. The summed E-state index contributed by atoms with van der Waals surface area (Å²) in [6.07, 6.45) is 0. The van der Waals surface area contributed by atoms with Crippen LogP contribution in [0.2, 0.25) is 0 Å². The number of carboxylic acids is 1. The van der Waals surface area contributed by atoms with Gasteiger partial charge in [-0.2, -0.15) is 5.10 Å². The molecule has 0 atom stereocenters. The van der Waals surface area contributed by atoms with E-state index in [-0.39, 0.29) is 10.5 Å². The van der Waals surface area contributed by atoms with Crippen LogP contribution < -0.4 is 4.72 Å². The molecule has 0 spiro atoms. The second-order valence-electron chi connectivity index (χ2n) is 5.65. The van der Waals surface area contributed by atoms with Crippen LogP contribution >= 0.6 is 0 Å². The maximum absolute atomic E-state index is 12.7. The van der Waals surface area contributed by atoms with Gasteiger partial charge in [-0.1, -0.05) is 0 Å². The first kappa shape index (κ1) is 18.9. The minimum Gasteiger partial charge on any atom is -0.478 e. The molecular weight excluding hydrogens is 346 g/mol. The van der Waals surface area contributed by atoms with Crippen molar-refractivity contribution in [3.63, 3.8) is 0 Å². The van der Waals surface area contributed by atoms with Crippen molar-refractivity contribution in [1.29, 1.82) is 0 Å². The lowest BCUT2D eigenvalue weighted by Gasteiger charge is -2.11. The van der Waals surface area contributed by atoms with Crippen molar-refractivity contribution in [2.24, 2.45) is 0 Å². The lowest BCUT2D eigenvalue weighted by atomic mass is 10.1.